The fraction of sp³-hybridized carbons (Fsp3) is 0.357. The number of benzene rings is 2. The maximum absolute atomic E-state index is 13.8. The lowest BCUT2D eigenvalue weighted by atomic mass is 9.94. The van der Waals surface area contributed by atoms with E-state index in [1.165, 1.54) is 11.0 Å². The van der Waals surface area contributed by atoms with E-state index in [1.54, 1.807) is 41.2 Å². The molecule has 3 aromatic rings. The molecule has 5 rings (SSSR count). The van der Waals surface area contributed by atoms with E-state index >= 15 is 0 Å². The summed E-state index contributed by atoms with van der Waals surface area (Å²) in [4.78, 5) is 42.6. The number of anilines is 1. The number of imide groups is 1. The molecular weight excluding hydrogens is 473 g/mol. The van der Waals surface area contributed by atoms with Gasteiger partial charge in [-0.25, -0.2) is 4.39 Å². The minimum atomic E-state index is -0.299. The van der Waals surface area contributed by atoms with Crippen LogP contribution in [0.3, 0.4) is 0 Å². The molecule has 192 valence electrons. The number of nitrogens with zero attached hydrogens (tertiary/aromatic N) is 4. The summed E-state index contributed by atoms with van der Waals surface area (Å²) >= 11 is 0. The molecule has 0 aliphatic carbocycles. The van der Waals surface area contributed by atoms with Gasteiger partial charge in [0, 0.05) is 43.9 Å². The first-order valence-electron chi connectivity index (χ1n) is 12.6. The Kier molecular flexibility index (Phi) is 6.78. The predicted octanol–water partition coefficient (Wildman–Crippen LogP) is 3.24. The van der Waals surface area contributed by atoms with Crippen LogP contribution in [0.1, 0.15) is 50.4 Å². The maximum Gasteiger partial charge on any atom is 0.263 e. The number of halogens is 1. The van der Waals surface area contributed by atoms with E-state index in [2.05, 4.69) is 15.3 Å². The Morgan fingerprint density at radius 2 is 1.81 bits per heavy atom. The molecule has 1 N–H and O–H groups in total. The van der Waals surface area contributed by atoms with Crippen molar-refractivity contribution < 1.29 is 18.8 Å². The van der Waals surface area contributed by atoms with Crippen LogP contribution in [0.15, 0.2) is 48.7 Å². The van der Waals surface area contributed by atoms with E-state index in [-0.39, 0.29) is 36.0 Å². The molecule has 0 saturated carbocycles. The average Bonchev–Trinajstić information content (AvgIpc) is 3.36. The van der Waals surface area contributed by atoms with Crippen LogP contribution in [0.25, 0.3) is 0 Å². The molecule has 0 unspecified atom stereocenters. The monoisotopic (exact) mass is 503 g/mol. The number of carbonyl (C=O) groups excluding carboxylic acids is 3. The second kappa shape index (κ2) is 10.2. The van der Waals surface area contributed by atoms with Crippen molar-refractivity contribution in [3.05, 3.63) is 82.4 Å². The molecule has 1 saturated heterocycles. The SMILES string of the molecule is Cc1c(CN2C(=O)c3cccc(N4CCC(C(=O)NCCc5ccccc5F)CC4)c3C2=O)cnn1C. The molecule has 0 bridgehead atoms. The van der Waals surface area contributed by atoms with Crippen molar-refractivity contribution in [2.45, 2.75) is 32.7 Å². The fourth-order valence-electron chi connectivity index (χ4n) is 5.14. The number of amides is 3. The molecule has 3 heterocycles. The van der Waals surface area contributed by atoms with Crippen molar-refractivity contribution >= 4 is 23.4 Å². The van der Waals surface area contributed by atoms with Gasteiger partial charge in [-0.3, -0.25) is 24.0 Å². The van der Waals surface area contributed by atoms with Gasteiger partial charge in [0.25, 0.3) is 11.8 Å². The van der Waals surface area contributed by atoms with Crippen molar-refractivity contribution in [1.82, 2.24) is 20.0 Å². The summed E-state index contributed by atoms with van der Waals surface area (Å²) in [6, 6.07) is 12.0. The Morgan fingerprint density at radius 1 is 1.05 bits per heavy atom. The van der Waals surface area contributed by atoms with Crippen LogP contribution in [0.4, 0.5) is 10.1 Å². The van der Waals surface area contributed by atoms with Crippen LogP contribution in [0, 0.1) is 18.7 Å². The highest BCUT2D eigenvalue weighted by Gasteiger charge is 2.39. The van der Waals surface area contributed by atoms with Crippen LogP contribution in [-0.2, 0) is 24.8 Å². The molecule has 9 heteroatoms. The molecule has 0 radical (unpaired) electrons. The molecule has 8 nitrogen and oxygen atoms in total. The highest BCUT2D eigenvalue weighted by atomic mass is 19.1. The van der Waals surface area contributed by atoms with Gasteiger partial charge >= 0.3 is 0 Å². The Balaban J connectivity index is 1.21. The lowest BCUT2D eigenvalue weighted by molar-refractivity contribution is -0.125. The first kappa shape index (κ1) is 24.7. The lowest BCUT2D eigenvalue weighted by Crippen LogP contribution is -2.41. The third kappa shape index (κ3) is 4.73. The van der Waals surface area contributed by atoms with Gasteiger partial charge in [0.15, 0.2) is 0 Å². The van der Waals surface area contributed by atoms with E-state index in [1.807, 2.05) is 20.0 Å². The standard InChI is InChI=1S/C28H30FN5O3/c1-18-21(16-31-32(18)2)17-34-27(36)22-7-5-9-24(25(22)28(34)37)33-14-11-20(12-15-33)26(35)30-13-10-19-6-3-4-8-23(19)29/h3-9,16,20H,10-15,17H2,1-2H3,(H,30,35). The van der Waals surface area contributed by atoms with Gasteiger partial charge in [-0.1, -0.05) is 24.3 Å². The van der Waals surface area contributed by atoms with Crippen LogP contribution in [-0.4, -0.2) is 52.0 Å². The third-order valence-corrected chi connectivity index (χ3v) is 7.50. The van der Waals surface area contributed by atoms with E-state index in [0.717, 1.165) is 16.9 Å². The van der Waals surface area contributed by atoms with Gasteiger partial charge in [0.05, 0.1) is 29.6 Å². The Bertz CT molecular complexity index is 1360. The van der Waals surface area contributed by atoms with Gasteiger partial charge in [0.1, 0.15) is 5.82 Å². The summed E-state index contributed by atoms with van der Waals surface area (Å²) < 4.78 is 15.5. The van der Waals surface area contributed by atoms with Gasteiger partial charge in [-0.15, -0.1) is 0 Å². The second-order valence-corrected chi connectivity index (χ2v) is 9.67. The number of piperidine rings is 1. The molecule has 0 spiro atoms. The predicted molar refractivity (Wildman–Crippen MR) is 137 cm³/mol. The van der Waals surface area contributed by atoms with Crippen molar-refractivity contribution in [3.63, 3.8) is 0 Å². The minimum Gasteiger partial charge on any atom is -0.371 e. The largest absolute Gasteiger partial charge is 0.371 e. The summed E-state index contributed by atoms with van der Waals surface area (Å²) in [5.74, 6) is -1.03. The smallest absolute Gasteiger partial charge is 0.263 e. The van der Waals surface area contributed by atoms with E-state index < -0.39 is 0 Å². The van der Waals surface area contributed by atoms with Crippen LogP contribution in [0.2, 0.25) is 0 Å². The molecule has 3 amide bonds. The van der Waals surface area contributed by atoms with Crippen molar-refractivity contribution in [2.75, 3.05) is 24.5 Å². The van der Waals surface area contributed by atoms with Gasteiger partial charge in [-0.2, -0.15) is 5.10 Å². The molecule has 2 aliphatic heterocycles. The van der Waals surface area contributed by atoms with Crippen LogP contribution < -0.4 is 10.2 Å². The number of hydrogen-bond donors (Lipinski definition) is 1. The summed E-state index contributed by atoms with van der Waals surface area (Å²) in [5.41, 5.74) is 3.91. The first-order chi connectivity index (χ1) is 17.8. The van der Waals surface area contributed by atoms with E-state index in [4.69, 9.17) is 0 Å². The summed E-state index contributed by atoms with van der Waals surface area (Å²) in [6.07, 6.45) is 3.40. The Labute approximate surface area is 215 Å². The fourth-order valence-corrected chi connectivity index (χ4v) is 5.14. The second-order valence-electron chi connectivity index (χ2n) is 9.67. The molecular formula is C28H30FN5O3. The zero-order valence-electron chi connectivity index (χ0n) is 21.0. The van der Waals surface area contributed by atoms with Gasteiger partial charge in [0.2, 0.25) is 5.91 Å². The molecule has 2 aromatic carbocycles. The summed E-state index contributed by atoms with van der Waals surface area (Å²) in [7, 11) is 1.83. The Morgan fingerprint density at radius 3 is 2.51 bits per heavy atom. The van der Waals surface area contributed by atoms with Crippen molar-refractivity contribution in [2.24, 2.45) is 13.0 Å². The molecule has 0 atom stereocenters. The quantitative estimate of drug-likeness (QED) is 0.501. The highest BCUT2D eigenvalue weighted by Crippen LogP contribution is 2.34. The normalized spacial score (nSPS) is 15.9. The van der Waals surface area contributed by atoms with E-state index in [0.29, 0.717) is 55.6 Å². The van der Waals surface area contributed by atoms with Crippen molar-refractivity contribution in [3.8, 4) is 0 Å². The zero-order chi connectivity index (χ0) is 26.1. The number of nitrogens with one attached hydrogen (secondary N) is 1. The molecule has 1 fully saturated rings. The Hall–Kier alpha value is -4.01. The summed E-state index contributed by atoms with van der Waals surface area (Å²) in [6.45, 7) is 3.68. The van der Waals surface area contributed by atoms with Gasteiger partial charge in [-0.05, 0) is 49.9 Å². The minimum absolute atomic E-state index is 0.0291. The number of fused-ring (bicyclic) bond motifs is 1. The summed E-state index contributed by atoms with van der Waals surface area (Å²) in [5, 5.41) is 7.15. The number of carbonyl (C=O) groups is 3. The molecule has 37 heavy (non-hydrogen) atoms. The third-order valence-electron chi connectivity index (χ3n) is 7.50. The maximum atomic E-state index is 13.8. The number of aryl methyl sites for hydroxylation is 1. The zero-order valence-corrected chi connectivity index (χ0v) is 21.0. The number of aromatic nitrogens is 2. The highest BCUT2D eigenvalue weighted by molar-refractivity contribution is 6.23. The van der Waals surface area contributed by atoms with Gasteiger partial charge < -0.3 is 10.2 Å². The van der Waals surface area contributed by atoms with Crippen molar-refractivity contribution in [1.29, 1.82) is 0 Å². The van der Waals surface area contributed by atoms with Crippen LogP contribution >= 0.6 is 0 Å². The average molecular weight is 504 g/mol. The molecule has 2 aliphatic rings. The lowest BCUT2D eigenvalue weighted by Gasteiger charge is -2.33. The topological polar surface area (TPSA) is 87.5 Å². The first-order valence-corrected chi connectivity index (χ1v) is 12.6. The number of hydrogen-bond acceptors (Lipinski definition) is 5. The van der Waals surface area contributed by atoms with Crippen LogP contribution in [0.5, 0.6) is 0 Å². The molecule has 1 aromatic heterocycles. The van der Waals surface area contributed by atoms with E-state index in [9.17, 15) is 18.8 Å². The number of rotatable bonds is 7.